The Bertz CT molecular complexity index is 815. The van der Waals surface area contributed by atoms with Gasteiger partial charge in [0.25, 0.3) is 0 Å². The van der Waals surface area contributed by atoms with Crippen LogP contribution in [0.25, 0.3) is 0 Å². The van der Waals surface area contributed by atoms with E-state index in [1.807, 2.05) is 47.3 Å². The van der Waals surface area contributed by atoms with E-state index < -0.39 is 0 Å². The van der Waals surface area contributed by atoms with E-state index in [-0.39, 0.29) is 24.0 Å². The van der Waals surface area contributed by atoms with Gasteiger partial charge in [0.05, 0.1) is 19.3 Å². The van der Waals surface area contributed by atoms with Crippen LogP contribution in [-0.4, -0.2) is 22.3 Å². The fourth-order valence-electron chi connectivity index (χ4n) is 2.64. The van der Waals surface area contributed by atoms with Crippen LogP contribution in [0.4, 0.5) is 0 Å². The van der Waals surface area contributed by atoms with Crippen LogP contribution < -0.4 is 10.6 Å². The number of hydrogen-bond donors (Lipinski definition) is 2. The van der Waals surface area contributed by atoms with E-state index in [0.717, 1.165) is 31.2 Å². The van der Waals surface area contributed by atoms with Gasteiger partial charge in [0, 0.05) is 24.8 Å². The molecule has 0 aliphatic carbocycles. The molecule has 142 valence electrons. The first-order valence-corrected chi connectivity index (χ1v) is 8.95. The quantitative estimate of drug-likeness (QED) is 0.311. The molecular weight excluding hydrogens is 449 g/mol. The number of rotatable bonds is 7. The normalized spacial score (nSPS) is 10.9. The molecule has 2 aromatic carbocycles. The second-order valence-electron chi connectivity index (χ2n) is 6.07. The van der Waals surface area contributed by atoms with Crippen molar-refractivity contribution in [1.82, 2.24) is 20.4 Å². The highest BCUT2D eigenvalue weighted by molar-refractivity contribution is 14.0. The summed E-state index contributed by atoms with van der Waals surface area (Å²) in [5.41, 5.74) is 3.56. The van der Waals surface area contributed by atoms with Crippen LogP contribution in [0, 0.1) is 0 Å². The van der Waals surface area contributed by atoms with Crippen LogP contribution in [0.5, 0.6) is 0 Å². The molecule has 2 N–H and O–H groups in total. The Morgan fingerprint density at radius 3 is 2.26 bits per heavy atom. The number of hydrogen-bond acceptors (Lipinski definition) is 2. The van der Waals surface area contributed by atoms with Crippen LogP contribution >= 0.6 is 24.0 Å². The number of nitrogens with zero attached hydrogens (tertiary/aromatic N) is 3. The molecule has 0 spiro atoms. The molecule has 0 unspecified atom stereocenters. The first-order chi connectivity index (χ1) is 12.8. The summed E-state index contributed by atoms with van der Waals surface area (Å²) >= 11 is 0. The maximum Gasteiger partial charge on any atom is 0.191 e. The van der Waals surface area contributed by atoms with Gasteiger partial charge in [0.2, 0.25) is 0 Å². The van der Waals surface area contributed by atoms with Crippen LogP contribution in [0.15, 0.2) is 78.0 Å². The van der Waals surface area contributed by atoms with Gasteiger partial charge in [-0.05, 0) is 18.1 Å². The Hall–Kier alpha value is -2.35. The maximum atomic E-state index is 4.66. The second kappa shape index (κ2) is 11.4. The van der Waals surface area contributed by atoms with Gasteiger partial charge in [-0.2, -0.15) is 5.10 Å². The Kier molecular flexibility index (Phi) is 8.83. The Balaban J connectivity index is 0.00000261. The van der Waals surface area contributed by atoms with E-state index in [2.05, 4.69) is 58.1 Å². The zero-order valence-corrected chi connectivity index (χ0v) is 17.8. The summed E-state index contributed by atoms with van der Waals surface area (Å²) in [6.45, 7) is 5.02. The van der Waals surface area contributed by atoms with Crippen molar-refractivity contribution < 1.29 is 0 Å². The molecule has 0 amide bonds. The third-order valence-corrected chi connectivity index (χ3v) is 3.94. The molecular formula is C21H26IN5. The highest BCUT2D eigenvalue weighted by Gasteiger charge is 2.01. The monoisotopic (exact) mass is 475 g/mol. The SMILES string of the molecule is CCNC(=NCc1cnn(Cc2ccccc2)c1)NCc1ccccc1.I. The van der Waals surface area contributed by atoms with Crippen LogP contribution in [0.1, 0.15) is 23.6 Å². The van der Waals surface area contributed by atoms with E-state index in [9.17, 15) is 0 Å². The van der Waals surface area contributed by atoms with Crippen LogP contribution in [-0.2, 0) is 19.6 Å². The number of guanidine groups is 1. The van der Waals surface area contributed by atoms with Gasteiger partial charge in [0.1, 0.15) is 0 Å². The predicted molar refractivity (Wildman–Crippen MR) is 121 cm³/mol. The number of nitrogens with one attached hydrogen (secondary N) is 2. The second-order valence-corrected chi connectivity index (χ2v) is 6.07. The van der Waals surface area contributed by atoms with Crippen molar-refractivity contribution in [1.29, 1.82) is 0 Å². The highest BCUT2D eigenvalue weighted by Crippen LogP contribution is 2.05. The summed E-state index contributed by atoms with van der Waals surface area (Å²) in [5, 5.41) is 11.1. The maximum absolute atomic E-state index is 4.66. The summed E-state index contributed by atoms with van der Waals surface area (Å²) in [6.07, 6.45) is 3.93. The minimum Gasteiger partial charge on any atom is -0.357 e. The summed E-state index contributed by atoms with van der Waals surface area (Å²) < 4.78 is 1.95. The van der Waals surface area contributed by atoms with E-state index in [4.69, 9.17) is 0 Å². The molecule has 6 heteroatoms. The minimum atomic E-state index is 0. The Morgan fingerprint density at radius 2 is 1.59 bits per heavy atom. The summed E-state index contributed by atoms with van der Waals surface area (Å²) in [6, 6.07) is 20.6. The van der Waals surface area contributed by atoms with Crippen molar-refractivity contribution in [2.24, 2.45) is 4.99 Å². The molecule has 0 saturated carbocycles. The number of aromatic nitrogens is 2. The van der Waals surface area contributed by atoms with Gasteiger partial charge >= 0.3 is 0 Å². The lowest BCUT2D eigenvalue weighted by Crippen LogP contribution is -2.36. The number of aliphatic imine (C=N–C) groups is 1. The number of benzene rings is 2. The first-order valence-electron chi connectivity index (χ1n) is 8.95. The Labute approximate surface area is 177 Å². The van der Waals surface area contributed by atoms with Gasteiger partial charge in [-0.1, -0.05) is 60.7 Å². The zero-order chi connectivity index (χ0) is 18.0. The minimum absolute atomic E-state index is 0. The highest BCUT2D eigenvalue weighted by atomic mass is 127. The van der Waals surface area contributed by atoms with Crippen LogP contribution in [0.3, 0.4) is 0 Å². The molecule has 0 atom stereocenters. The molecule has 5 nitrogen and oxygen atoms in total. The average molecular weight is 475 g/mol. The van der Waals surface area contributed by atoms with Gasteiger partial charge in [0.15, 0.2) is 5.96 Å². The molecule has 0 saturated heterocycles. The van der Waals surface area contributed by atoms with Gasteiger partial charge in [-0.15, -0.1) is 24.0 Å². The van der Waals surface area contributed by atoms with Crippen molar-refractivity contribution in [3.63, 3.8) is 0 Å². The molecule has 0 bridgehead atoms. The third-order valence-electron chi connectivity index (χ3n) is 3.94. The van der Waals surface area contributed by atoms with Crippen molar-refractivity contribution in [3.8, 4) is 0 Å². The van der Waals surface area contributed by atoms with Gasteiger partial charge < -0.3 is 10.6 Å². The summed E-state index contributed by atoms with van der Waals surface area (Å²) in [7, 11) is 0. The average Bonchev–Trinajstić information content (AvgIpc) is 3.13. The molecule has 0 aliphatic heterocycles. The van der Waals surface area contributed by atoms with Crippen molar-refractivity contribution >= 4 is 29.9 Å². The topological polar surface area (TPSA) is 54.2 Å². The molecule has 1 aromatic heterocycles. The van der Waals surface area contributed by atoms with E-state index in [1.54, 1.807) is 0 Å². The van der Waals surface area contributed by atoms with Gasteiger partial charge in [-0.25, -0.2) is 4.99 Å². The molecule has 1 heterocycles. The lowest BCUT2D eigenvalue weighted by molar-refractivity contribution is 0.686. The fraction of sp³-hybridized carbons (Fsp3) is 0.238. The number of halogens is 1. The van der Waals surface area contributed by atoms with Crippen molar-refractivity contribution in [2.75, 3.05) is 6.54 Å². The van der Waals surface area contributed by atoms with Crippen molar-refractivity contribution in [2.45, 2.75) is 26.6 Å². The lowest BCUT2D eigenvalue weighted by Gasteiger charge is -2.11. The molecule has 3 aromatic rings. The largest absolute Gasteiger partial charge is 0.357 e. The summed E-state index contributed by atoms with van der Waals surface area (Å²) in [5.74, 6) is 0.812. The molecule has 27 heavy (non-hydrogen) atoms. The smallest absolute Gasteiger partial charge is 0.191 e. The van der Waals surface area contributed by atoms with E-state index in [0.29, 0.717) is 6.54 Å². The zero-order valence-electron chi connectivity index (χ0n) is 15.5. The molecule has 0 radical (unpaired) electrons. The summed E-state index contributed by atoms with van der Waals surface area (Å²) in [4.78, 5) is 4.66. The van der Waals surface area contributed by atoms with E-state index >= 15 is 0 Å². The lowest BCUT2D eigenvalue weighted by atomic mass is 10.2. The fourth-order valence-corrected chi connectivity index (χ4v) is 2.64. The standard InChI is InChI=1S/C21H25N5.HI/c1-2-22-21(23-13-18-9-5-3-6-10-18)24-14-20-15-25-26(17-20)16-19-11-7-4-8-12-19;/h3-12,15,17H,2,13-14,16H2,1H3,(H2,22,23,24);1H. The van der Waals surface area contributed by atoms with Gasteiger partial charge in [-0.3, -0.25) is 4.68 Å². The third kappa shape index (κ3) is 7.05. The first kappa shape index (κ1) is 21.0. The molecule has 0 fully saturated rings. The molecule has 0 aliphatic rings. The predicted octanol–water partition coefficient (Wildman–Crippen LogP) is 3.80. The molecule has 3 rings (SSSR count). The van der Waals surface area contributed by atoms with E-state index in [1.165, 1.54) is 11.1 Å². The Morgan fingerprint density at radius 1 is 0.926 bits per heavy atom. The van der Waals surface area contributed by atoms with Crippen molar-refractivity contribution in [3.05, 3.63) is 89.7 Å². The van der Waals surface area contributed by atoms with Crippen LogP contribution in [0.2, 0.25) is 0 Å².